The van der Waals surface area contributed by atoms with E-state index in [1.54, 1.807) is 12.4 Å². The van der Waals surface area contributed by atoms with E-state index in [-0.39, 0.29) is 6.04 Å². The Morgan fingerprint density at radius 1 is 1.15 bits per heavy atom. The second-order valence-electron chi connectivity index (χ2n) is 6.63. The van der Waals surface area contributed by atoms with Crippen molar-refractivity contribution in [3.05, 3.63) is 59.9 Å². The zero-order valence-electron chi connectivity index (χ0n) is 14.9. The molecule has 0 unspecified atom stereocenters. The highest BCUT2D eigenvalue weighted by Gasteiger charge is 2.26. The summed E-state index contributed by atoms with van der Waals surface area (Å²) < 4.78 is 0. The fourth-order valence-electron chi connectivity index (χ4n) is 3.50. The first kappa shape index (κ1) is 16.7. The van der Waals surface area contributed by atoms with Crippen LogP contribution >= 0.6 is 0 Å². The van der Waals surface area contributed by atoms with Crippen LogP contribution in [0.25, 0.3) is 0 Å². The first-order chi connectivity index (χ1) is 12.8. The van der Waals surface area contributed by atoms with Crippen LogP contribution in [0.1, 0.15) is 42.5 Å². The van der Waals surface area contributed by atoms with Gasteiger partial charge in [-0.25, -0.2) is 15.0 Å². The van der Waals surface area contributed by atoms with Gasteiger partial charge in [-0.05, 0) is 44.5 Å². The molecule has 0 aliphatic carbocycles. The third-order valence-electron chi connectivity index (χ3n) is 4.67. The van der Waals surface area contributed by atoms with Crippen LogP contribution in [0.15, 0.2) is 42.7 Å². The SMILES string of the molecule is Cc1nc(Nc2ccccn2)cc([C@@H]2CCCCN2Cc2ccn[nH]2)n1. The first-order valence-corrected chi connectivity index (χ1v) is 9.04. The standard InChI is InChI=1S/C19H23N7/c1-14-22-16(12-19(23-14)24-18-7-2-4-9-20-18)17-6-3-5-11-26(17)13-15-8-10-21-25-15/h2,4,7-10,12,17H,3,5-6,11,13H2,1H3,(H,21,25)(H,20,22,23,24)/t17-/m0/s1. The summed E-state index contributed by atoms with van der Waals surface area (Å²) in [5.41, 5.74) is 2.20. The van der Waals surface area contributed by atoms with Gasteiger partial charge in [-0.3, -0.25) is 10.00 Å². The van der Waals surface area contributed by atoms with Gasteiger partial charge in [0.25, 0.3) is 0 Å². The Labute approximate surface area is 152 Å². The third-order valence-corrected chi connectivity index (χ3v) is 4.67. The molecule has 1 saturated heterocycles. The molecule has 0 spiro atoms. The molecule has 7 heteroatoms. The average molecular weight is 349 g/mol. The van der Waals surface area contributed by atoms with E-state index in [2.05, 4.69) is 36.4 Å². The fourth-order valence-corrected chi connectivity index (χ4v) is 3.50. The number of anilines is 2. The summed E-state index contributed by atoms with van der Waals surface area (Å²) >= 11 is 0. The van der Waals surface area contributed by atoms with Gasteiger partial charge in [-0.15, -0.1) is 0 Å². The highest BCUT2D eigenvalue weighted by atomic mass is 15.2. The molecule has 3 aromatic rings. The molecule has 7 nitrogen and oxygen atoms in total. The van der Waals surface area contributed by atoms with Crippen LogP contribution in [0.3, 0.4) is 0 Å². The topological polar surface area (TPSA) is 82.6 Å². The minimum absolute atomic E-state index is 0.290. The highest BCUT2D eigenvalue weighted by Crippen LogP contribution is 2.32. The van der Waals surface area contributed by atoms with E-state index in [0.717, 1.165) is 48.4 Å². The lowest BCUT2D eigenvalue weighted by Crippen LogP contribution is -2.33. The fraction of sp³-hybridized carbons (Fsp3) is 0.368. The van der Waals surface area contributed by atoms with Gasteiger partial charge < -0.3 is 5.32 Å². The Bertz CT molecular complexity index is 832. The number of aromatic nitrogens is 5. The number of likely N-dealkylation sites (tertiary alicyclic amines) is 1. The van der Waals surface area contributed by atoms with Gasteiger partial charge in [0.1, 0.15) is 17.5 Å². The average Bonchev–Trinajstić information content (AvgIpc) is 3.16. The Balaban J connectivity index is 1.58. The molecule has 134 valence electrons. The van der Waals surface area contributed by atoms with Crippen LogP contribution < -0.4 is 5.32 Å². The summed E-state index contributed by atoms with van der Waals surface area (Å²) in [6.07, 6.45) is 7.11. The van der Waals surface area contributed by atoms with Crippen molar-refractivity contribution in [3.8, 4) is 0 Å². The molecule has 1 aliphatic heterocycles. The summed E-state index contributed by atoms with van der Waals surface area (Å²) in [6.45, 7) is 3.86. The predicted octanol–water partition coefficient (Wildman–Crippen LogP) is 3.37. The maximum Gasteiger partial charge on any atom is 0.135 e. The van der Waals surface area contributed by atoms with Crippen molar-refractivity contribution in [1.82, 2.24) is 30.0 Å². The number of rotatable bonds is 5. The third kappa shape index (κ3) is 3.88. The summed E-state index contributed by atoms with van der Waals surface area (Å²) in [4.78, 5) is 16.1. The van der Waals surface area contributed by atoms with Gasteiger partial charge in [0.05, 0.1) is 11.7 Å². The number of hydrogen-bond donors (Lipinski definition) is 2. The monoisotopic (exact) mass is 349 g/mol. The minimum Gasteiger partial charge on any atom is -0.325 e. The largest absolute Gasteiger partial charge is 0.325 e. The Kier molecular flexibility index (Phi) is 4.88. The van der Waals surface area contributed by atoms with Crippen LogP contribution in [-0.2, 0) is 6.54 Å². The van der Waals surface area contributed by atoms with Crippen molar-refractivity contribution in [2.24, 2.45) is 0 Å². The Morgan fingerprint density at radius 3 is 2.92 bits per heavy atom. The Hall–Kier alpha value is -2.80. The van der Waals surface area contributed by atoms with Crippen LogP contribution in [0.4, 0.5) is 11.6 Å². The van der Waals surface area contributed by atoms with E-state index in [1.165, 1.54) is 12.8 Å². The number of nitrogens with zero attached hydrogens (tertiary/aromatic N) is 5. The predicted molar refractivity (Wildman–Crippen MR) is 99.9 cm³/mol. The van der Waals surface area contributed by atoms with Gasteiger partial charge >= 0.3 is 0 Å². The van der Waals surface area contributed by atoms with Crippen LogP contribution in [0, 0.1) is 6.92 Å². The van der Waals surface area contributed by atoms with E-state index in [1.807, 2.05) is 31.2 Å². The smallest absolute Gasteiger partial charge is 0.135 e. The molecule has 1 atom stereocenters. The normalized spacial score (nSPS) is 18.0. The molecular formula is C19H23N7. The van der Waals surface area contributed by atoms with Crippen molar-refractivity contribution in [3.63, 3.8) is 0 Å². The van der Waals surface area contributed by atoms with Crippen LogP contribution in [0.2, 0.25) is 0 Å². The molecule has 0 amide bonds. The van der Waals surface area contributed by atoms with Crippen molar-refractivity contribution in [1.29, 1.82) is 0 Å². The van der Waals surface area contributed by atoms with E-state index in [0.29, 0.717) is 0 Å². The lowest BCUT2D eigenvalue weighted by molar-refractivity contribution is 0.135. The molecule has 3 aromatic heterocycles. The zero-order valence-corrected chi connectivity index (χ0v) is 14.9. The molecule has 0 saturated carbocycles. The number of aromatic amines is 1. The number of pyridine rings is 1. The number of piperidine rings is 1. The molecule has 1 aliphatic rings. The zero-order chi connectivity index (χ0) is 17.8. The molecule has 2 N–H and O–H groups in total. The number of hydrogen-bond acceptors (Lipinski definition) is 6. The van der Waals surface area contributed by atoms with Crippen molar-refractivity contribution in [2.45, 2.75) is 38.8 Å². The van der Waals surface area contributed by atoms with E-state index in [9.17, 15) is 0 Å². The quantitative estimate of drug-likeness (QED) is 0.735. The van der Waals surface area contributed by atoms with E-state index >= 15 is 0 Å². The molecule has 1 fully saturated rings. The minimum atomic E-state index is 0.290. The number of aryl methyl sites for hydroxylation is 1. The van der Waals surface area contributed by atoms with Crippen molar-refractivity contribution >= 4 is 11.6 Å². The van der Waals surface area contributed by atoms with Gasteiger partial charge in [-0.1, -0.05) is 12.5 Å². The summed E-state index contributed by atoms with van der Waals surface area (Å²) in [5, 5.41) is 10.4. The molecule has 4 rings (SSSR count). The summed E-state index contributed by atoms with van der Waals surface area (Å²) in [7, 11) is 0. The van der Waals surface area contributed by atoms with Gasteiger partial charge in [-0.2, -0.15) is 5.10 Å². The lowest BCUT2D eigenvalue weighted by atomic mass is 9.98. The maximum absolute atomic E-state index is 4.74. The van der Waals surface area contributed by atoms with Crippen LogP contribution in [-0.4, -0.2) is 36.6 Å². The van der Waals surface area contributed by atoms with E-state index in [4.69, 9.17) is 4.98 Å². The molecular weight excluding hydrogens is 326 g/mol. The second kappa shape index (κ2) is 7.61. The molecule has 0 radical (unpaired) electrons. The van der Waals surface area contributed by atoms with Gasteiger partial charge in [0, 0.05) is 30.7 Å². The maximum atomic E-state index is 4.74. The van der Waals surface area contributed by atoms with Gasteiger partial charge in [0.15, 0.2) is 0 Å². The molecule has 0 aromatic carbocycles. The lowest BCUT2D eigenvalue weighted by Gasteiger charge is -2.35. The van der Waals surface area contributed by atoms with E-state index < -0.39 is 0 Å². The molecule has 26 heavy (non-hydrogen) atoms. The first-order valence-electron chi connectivity index (χ1n) is 9.04. The number of H-pyrrole nitrogens is 1. The second-order valence-corrected chi connectivity index (χ2v) is 6.63. The number of nitrogens with one attached hydrogen (secondary N) is 2. The summed E-state index contributed by atoms with van der Waals surface area (Å²) in [6, 6.07) is 10.2. The van der Waals surface area contributed by atoms with Crippen molar-refractivity contribution in [2.75, 3.05) is 11.9 Å². The van der Waals surface area contributed by atoms with Crippen molar-refractivity contribution < 1.29 is 0 Å². The highest BCUT2D eigenvalue weighted by molar-refractivity contribution is 5.51. The molecule has 0 bridgehead atoms. The summed E-state index contributed by atoms with van der Waals surface area (Å²) in [5.74, 6) is 2.35. The van der Waals surface area contributed by atoms with Crippen LogP contribution in [0.5, 0.6) is 0 Å². The molecule has 4 heterocycles. The van der Waals surface area contributed by atoms with Gasteiger partial charge in [0.2, 0.25) is 0 Å². The Morgan fingerprint density at radius 2 is 2.12 bits per heavy atom.